The van der Waals surface area contributed by atoms with Crippen LogP contribution < -0.4 is 4.72 Å². The molecule has 0 saturated carbocycles. The van der Waals surface area contributed by atoms with E-state index in [2.05, 4.69) is 9.62 Å². The molecule has 0 aliphatic carbocycles. The number of nitro groups is 1. The molecule has 3 rings (SSSR count). The van der Waals surface area contributed by atoms with Crippen molar-refractivity contribution in [1.29, 1.82) is 0 Å². The molecule has 0 aromatic heterocycles. The van der Waals surface area contributed by atoms with E-state index in [1.165, 1.54) is 44.1 Å². The van der Waals surface area contributed by atoms with E-state index in [9.17, 15) is 18.5 Å². The number of sulfonamides is 1. The Kier molecular flexibility index (Phi) is 6.08. The van der Waals surface area contributed by atoms with Gasteiger partial charge in [-0.25, -0.2) is 8.42 Å². The molecular weight excluding hydrogens is 366 g/mol. The summed E-state index contributed by atoms with van der Waals surface area (Å²) in [6, 6.07) is 12.3. The number of hydrogen-bond acceptors (Lipinski definition) is 5. The molecule has 0 radical (unpaired) electrons. The van der Waals surface area contributed by atoms with E-state index in [0.29, 0.717) is 5.69 Å². The normalized spacial score (nSPS) is 15.0. The Bertz CT molecular complexity index is 891. The molecule has 144 valence electrons. The fourth-order valence-electron chi connectivity index (χ4n) is 3.23. The highest BCUT2D eigenvalue weighted by Gasteiger charge is 2.17. The van der Waals surface area contributed by atoms with Gasteiger partial charge >= 0.3 is 0 Å². The van der Waals surface area contributed by atoms with Crippen molar-refractivity contribution in [2.75, 3.05) is 24.4 Å². The molecular formula is C19H23N3O4S. The van der Waals surface area contributed by atoms with Crippen molar-refractivity contribution >= 4 is 21.4 Å². The zero-order chi connectivity index (χ0) is 19.3. The van der Waals surface area contributed by atoms with Crippen LogP contribution in [0.15, 0.2) is 53.4 Å². The molecule has 0 amide bonds. The van der Waals surface area contributed by atoms with Gasteiger partial charge < -0.3 is 4.90 Å². The van der Waals surface area contributed by atoms with Crippen LogP contribution in [0, 0.1) is 10.1 Å². The predicted octanol–water partition coefficient (Wildman–Crippen LogP) is 3.42. The van der Waals surface area contributed by atoms with E-state index in [1.807, 2.05) is 12.1 Å². The lowest BCUT2D eigenvalue weighted by atomic mass is 10.1. The van der Waals surface area contributed by atoms with Crippen LogP contribution in [-0.4, -0.2) is 37.9 Å². The highest BCUT2D eigenvalue weighted by Crippen LogP contribution is 2.21. The minimum absolute atomic E-state index is 0.133. The first-order valence-corrected chi connectivity index (χ1v) is 10.5. The third-order valence-electron chi connectivity index (χ3n) is 4.68. The molecule has 0 atom stereocenters. The highest BCUT2D eigenvalue weighted by molar-refractivity contribution is 7.92. The Morgan fingerprint density at radius 3 is 2.44 bits per heavy atom. The molecule has 27 heavy (non-hydrogen) atoms. The fourth-order valence-corrected chi connectivity index (χ4v) is 4.33. The Balaban J connectivity index is 1.59. The predicted molar refractivity (Wildman–Crippen MR) is 104 cm³/mol. The van der Waals surface area contributed by atoms with Crippen molar-refractivity contribution in [3.8, 4) is 0 Å². The average Bonchev–Trinajstić information content (AvgIpc) is 3.16. The van der Waals surface area contributed by atoms with Gasteiger partial charge in [0, 0.05) is 17.8 Å². The molecule has 1 N–H and O–H groups in total. The van der Waals surface area contributed by atoms with Crippen LogP contribution >= 0.6 is 0 Å². The summed E-state index contributed by atoms with van der Waals surface area (Å²) in [6.45, 7) is 3.48. The summed E-state index contributed by atoms with van der Waals surface area (Å²) in [4.78, 5) is 12.6. The van der Waals surface area contributed by atoms with Gasteiger partial charge in [0.25, 0.3) is 15.7 Å². The Labute approximate surface area is 159 Å². The third-order valence-corrected chi connectivity index (χ3v) is 6.06. The number of non-ortho nitro benzene ring substituents is 1. The van der Waals surface area contributed by atoms with E-state index >= 15 is 0 Å². The molecule has 1 heterocycles. The number of benzene rings is 2. The second-order valence-electron chi connectivity index (χ2n) is 6.71. The van der Waals surface area contributed by atoms with Gasteiger partial charge in [0.1, 0.15) is 0 Å². The topological polar surface area (TPSA) is 92.5 Å². The molecule has 1 aliphatic heterocycles. The molecule has 2 aromatic carbocycles. The van der Waals surface area contributed by atoms with Gasteiger partial charge in [-0.05, 0) is 69.1 Å². The highest BCUT2D eigenvalue weighted by atomic mass is 32.2. The van der Waals surface area contributed by atoms with Crippen LogP contribution in [0.25, 0.3) is 0 Å². The first kappa shape index (κ1) is 19.3. The SMILES string of the molecule is O=[N+]([O-])c1cccc(S(=O)(=O)Nc2ccc(CCCN3CCCC3)cc2)c1. The van der Waals surface area contributed by atoms with Crippen LogP contribution in [0.3, 0.4) is 0 Å². The van der Waals surface area contributed by atoms with Crippen molar-refractivity contribution in [3.05, 3.63) is 64.2 Å². The monoisotopic (exact) mass is 389 g/mol. The number of hydrogen-bond donors (Lipinski definition) is 1. The summed E-state index contributed by atoms with van der Waals surface area (Å²) in [5.41, 5.74) is 1.34. The van der Waals surface area contributed by atoms with Crippen molar-refractivity contribution in [2.24, 2.45) is 0 Å². The molecule has 1 aliphatic rings. The van der Waals surface area contributed by atoms with Gasteiger partial charge in [-0.1, -0.05) is 18.2 Å². The number of aryl methyl sites for hydroxylation is 1. The van der Waals surface area contributed by atoms with Crippen LogP contribution in [-0.2, 0) is 16.4 Å². The van der Waals surface area contributed by atoms with E-state index in [1.54, 1.807) is 12.1 Å². The summed E-state index contributed by atoms with van der Waals surface area (Å²) in [6.07, 6.45) is 4.62. The summed E-state index contributed by atoms with van der Waals surface area (Å²) in [5.74, 6) is 0. The second kappa shape index (κ2) is 8.49. The summed E-state index contributed by atoms with van der Waals surface area (Å²) >= 11 is 0. The van der Waals surface area contributed by atoms with Crippen molar-refractivity contribution in [3.63, 3.8) is 0 Å². The average molecular weight is 389 g/mol. The number of rotatable bonds is 8. The van der Waals surface area contributed by atoms with Crippen molar-refractivity contribution in [1.82, 2.24) is 4.90 Å². The van der Waals surface area contributed by atoms with Crippen LogP contribution in [0.1, 0.15) is 24.8 Å². The molecule has 0 spiro atoms. The zero-order valence-corrected chi connectivity index (χ0v) is 15.8. The van der Waals surface area contributed by atoms with Gasteiger partial charge in [0.15, 0.2) is 0 Å². The lowest BCUT2D eigenvalue weighted by Crippen LogP contribution is -2.20. The smallest absolute Gasteiger partial charge is 0.270 e. The lowest BCUT2D eigenvalue weighted by molar-refractivity contribution is -0.385. The number of likely N-dealkylation sites (tertiary alicyclic amines) is 1. The van der Waals surface area contributed by atoms with Crippen molar-refractivity contribution < 1.29 is 13.3 Å². The molecule has 8 heteroatoms. The maximum atomic E-state index is 12.4. The van der Waals surface area contributed by atoms with E-state index in [4.69, 9.17) is 0 Å². The molecule has 1 fully saturated rings. The number of anilines is 1. The maximum Gasteiger partial charge on any atom is 0.270 e. The van der Waals surface area contributed by atoms with Crippen LogP contribution in [0.5, 0.6) is 0 Å². The van der Waals surface area contributed by atoms with Gasteiger partial charge in [0.2, 0.25) is 0 Å². The lowest BCUT2D eigenvalue weighted by Gasteiger charge is -2.14. The second-order valence-corrected chi connectivity index (χ2v) is 8.39. The molecule has 7 nitrogen and oxygen atoms in total. The first-order chi connectivity index (χ1) is 12.9. The molecule has 0 unspecified atom stereocenters. The van der Waals surface area contributed by atoms with Gasteiger partial charge in [-0.2, -0.15) is 0 Å². The van der Waals surface area contributed by atoms with Crippen LogP contribution in [0.4, 0.5) is 11.4 Å². The minimum Gasteiger partial charge on any atom is -0.303 e. The molecule has 0 bridgehead atoms. The quantitative estimate of drug-likeness (QED) is 0.552. The van der Waals surface area contributed by atoms with E-state index in [0.717, 1.165) is 31.0 Å². The van der Waals surface area contributed by atoms with Crippen molar-refractivity contribution in [2.45, 2.75) is 30.6 Å². The molecule has 2 aromatic rings. The number of nitrogens with zero attached hydrogens (tertiary/aromatic N) is 2. The van der Waals surface area contributed by atoms with E-state index < -0.39 is 14.9 Å². The number of nitrogens with one attached hydrogen (secondary N) is 1. The third kappa shape index (κ3) is 5.27. The van der Waals surface area contributed by atoms with Gasteiger partial charge in [-0.15, -0.1) is 0 Å². The molecule has 1 saturated heterocycles. The Hall–Kier alpha value is -2.45. The largest absolute Gasteiger partial charge is 0.303 e. The van der Waals surface area contributed by atoms with Gasteiger partial charge in [-0.3, -0.25) is 14.8 Å². The van der Waals surface area contributed by atoms with Crippen LogP contribution in [0.2, 0.25) is 0 Å². The summed E-state index contributed by atoms with van der Waals surface area (Å²) < 4.78 is 27.4. The van der Waals surface area contributed by atoms with Gasteiger partial charge in [0.05, 0.1) is 9.82 Å². The first-order valence-electron chi connectivity index (χ1n) is 9.03. The summed E-state index contributed by atoms with van der Waals surface area (Å²) in [7, 11) is -3.87. The van der Waals surface area contributed by atoms with E-state index in [-0.39, 0.29) is 10.6 Å². The Morgan fingerprint density at radius 1 is 1.07 bits per heavy atom. The summed E-state index contributed by atoms with van der Waals surface area (Å²) in [5, 5.41) is 10.8. The maximum absolute atomic E-state index is 12.4. The standard InChI is InChI=1S/C19H23N3O4S/c23-22(24)18-6-3-7-19(15-18)27(25,26)20-17-10-8-16(9-11-17)5-4-14-21-12-1-2-13-21/h3,6-11,15,20H,1-2,4-5,12-14H2. The fraction of sp³-hybridized carbons (Fsp3) is 0.368. The zero-order valence-electron chi connectivity index (χ0n) is 15.0. The Morgan fingerprint density at radius 2 is 1.78 bits per heavy atom. The minimum atomic E-state index is -3.87. The number of nitro benzene ring substituents is 1.